The minimum Gasteiger partial charge on any atom is -0.440 e. The van der Waals surface area contributed by atoms with Gasteiger partial charge < -0.3 is 19.3 Å². The van der Waals surface area contributed by atoms with Gasteiger partial charge >= 0.3 is 11.9 Å². The Hall–Kier alpha value is -4.72. The summed E-state index contributed by atoms with van der Waals surface area (Å²) in [6.07, 6.45) is 9.28. The summed E-state index contributed by atoms with van der Waals surface area (Å²) >= 11 is 0. The van der Waals surface area contributed by atoms with Crippen molar-refractivity contribution in [3.05, 3.63) is 108 Å². The monoisotopic (exact) mass is 536 g/mol. The van der Waals surface area contributed by atoms with E-state index in [1.807, 2.05) is 72.8 Å². The van der Waals surface area contributed by atoms with E-state index in [0.717, 1.165) is 11.4 Å². The number of para-hydroxylation sites is 2. The Bertz CT molecular complexity index is 1400. The molecule has 8 heteroatoms. The lowest BCUT2D eigenvalue weighted by Crippen LogP contribution is -2.40. The second-order valence-corrected chi connectivity index (χ2v) is 10.4. The van der Waals surface area contributed by atoms with E-state index >= 15 is 0 Å². The second kappa shape index (κ2) is 9.48. The van der Waals surface area contributed by atoms with E-state index in [1.54, 1.807) is 9.80 Å². The summed E-state index contributed by atoms with van der Waals surface area (Å²) in [4.78, 5) is 54.2. The van der Waals surface area contributed by atoms with Crippen molar-refractivity contribution in [2.75, 3.05) is 22.9 Å². The van der Waals surface area contributed by atoms with Crippen LogP contribution in [-0.2, 0) is 39.9 Å². The molecular formula is C32H28N2O6. The Labute approximate surface area is 231 Å². The number of ether oxygens (including phenoxy) is 2. The van der Waals surface area contributed by atoms with Gasteiger partial charge in [-0.3, -0.25) is 9.59 Å². The van der Waals surface area contributed by atoms with Gasteiger partial charge in [-0.05, 0) is 25.0 Å². The van der Waals surface area contributed by atoms with Crippen LogP contribution in [0.25, 0.3) is 0 Å². The largest absolute Gasteiger partial charge is 0.440 e. The SMILES string of the molecule is C=C1CC2(OC1=O)C(=O)N(CC/C=C\C=C\CCN1C(=O)C3(CC(=C)C(=O)O3)c3ccccc31)c1ccccc12. The van der Waals surface area contributed by atoms with Crippen LogP contribution >= 0.6 is 0 Å². The van der Waals surface area contributed by atoms with Crippen LogP contribution in [0.1, 0.15) is 36.8 Å². The normalized spacial score (nSPS) is 25.3. The first kappa shape index (κ1) is 25.6. The van der Waals surface area contributed by atoms with Crippen LogP contribution in [0.2, 0.25) is 0 Å². The highest BCUT2D eigenvalue weighted by Crippen LogP contribution is 2.51. The molecule has 0 bridgehead atoms. The van der Waals surface area contributed by atoms with Gasteiger partial charge in [-0.2, -0.15) is 0 Å². The molecule has 2 aromatic rings. The molecule has 202 valence electrons. The Morgan fingerprint density at radius 2 is 1.07 bits per heavy atom. The lowest BCUT2D eigenvalue weighted by Gasteiger charge is -2.22. The first-order valence-corrected chi connectivity index (χ1v) is 13.3. The van der Waals surface area contributed by atoms with Crippen molar-refractivity contribution in [3.8, 4) is 0 Å². The van der Waals surface area contributed by atoms with Crippen molar-refractivity contribution >= 4 is 35.1 Å². The van der Waals surface area contributed by atoms with Gasteiger partial charge in [-0.1, -0.05) is 73.9 Å². The molecule has 2 saturated heterocycles. The highest BCUT2D eigenvalue weighted by molar-refractivity contribution is 6.12. The third-order valence-electron chi connectivity index (χ3n) is 7.90. The van der Waals surface area contributed by atoms with Crippen LogP contribution in [0, 0.1) is 0 Å². The van der Waals surface area contributed by atoms with Crippen LogP contribution < -0.4 is 9.80 Å². The number of allylic oxidation sites excluding steroid dienone is 2. The van der Waals surface area contributed by atoms with Gasteiger partial charge in [0.2, 0.25) is 11.2 Å². The predicted molar refractivity (Wildman–Crippen MR) is 148 cm³/mol. The topological polar surface area (TPSA) is 93.2 Å². The molecule has 2 amide bonds. The van der Waals surface area contributed by atoms with Gasteiger partial charge in [-0.15, -0.1) is 0 Å². The first-order valence-electron chi connectivity index (χ1n) is 13.3. The molecule has 40 heavy (non-hydrogen) atoms. The molecule has 2 spiro atoms. The first-order chi connectivity index (χ1) is 19.3. The average molecular weight is 537 g/mol. The van der Waals surface area contributed by atoms with Gasteiger partial charge in [0.25, 0.3) is 11.8 Å². The van der Waals surface area contributed by atoms with Gasteiger partial charge in [-0.25, -0.2) is 9.59 Å². The Kier molecular flexibility index (Phi) is 6.06. The summed E-state index contributed by atoms with van der Waals surface area (Å²) in [6.45, 7) is 8.39. The minimum absolute atomic E-state index is 0.166. The standard InChI is InChI=1S/C32H28N2O6/c1-21-19-31(39-27(21)35)23-13-7-9-15-25(23)33(29(31)37)17-11-5-3-4-6-12-18-34-26-16-10-8-14-24(26)32(30(34)38)20-22(2)28(36)40-32/h3-10,13-16H,1-2,11-12,17-20H2/b5-3-,6-4+. The maximum Gasteiger partial charge on any atom is 0.335 e. The van der Waals surface area contributed by atoms with Gasteiger partial charge in [0.15, 0.2) is 0 Å². The maximum absolute atomic E-state index is 13.4. The quantitative estimate of drug-likeness (QED) is 0.297. The Balaban J connectivity index is 1.05. The van der Waals surface area contributed by atoms with E-state index < -0.39 is 23.1 Å². The Morgan fingerprint density at radius 3 is 1.45 bits per heavy atom. The van der Waals surface area contributed by atoms with Crippen molar-refractivity contribution in [3.63, 3.8) is 0 Å². The molecular weight excluding hydrogens is 508 g/mol. The molecule has 0 aliphatic carbocycles. The Morgan fingerprint density at radius 1 is 0.675 bits per heavy atom. The molecule has 2 unspecified atom stereocenters. The average Bonchev–Trinajstić information content (AvgIpc) is 3.58. The van der Waals surface area contributed by atoms with E-state index in [2.05, 4.69) is 13.2 Å². The summed E-state index contributed by atoms with van der Waals surface area (Å²) in [5, 5.41) is 0. The number of nitrogens with zero attached hydrogens (tertiary/aromatic N) is 2. The van der Waals surface area contributed by atoms with Gasteiger partial charge in [0.05, 0.1) is 11.4 Å². The molecule has 6 rings (SSSR count). The molecule has 0 radical (unpaired) electrons. The number of rotatable bonds is 7. The predicted octanol–water partition coefficient (Wildman–Crippen LogP) is 4.37. The highest BCUT2D eigenvalue weighted by atomic mass is 16.6. The minimum atomic E-state index is -1.30. The fourth-order valence-electron chi connectivity index (χ4n) is 6.00. The summed E-state index contributed by atoms with van der Waals surface area (Å²) in [5.74, 6) is -1.54. The molecule has 0 N–H and O–H groups in total. The highest BCUT2D eigenvalue weighted by Gasteiger charge is 2.59. The number of anilines is 2. The van der Waals surface area contributed by atoms with Crippen LogP contribution in [0.5, 0.6) is 0 Å². The van der Waals surface area contributed by atoms with E-state index in [0.29, 0.717) is 48.2 Å². The van der Waals surface area contributed by atoms with Crippen molar-refractivity contribution in [2.45, 2.75) is 36.9 Å². The van der Waals surface area contributed by atoms with Gasteiger partial charge in [0, 0.05) is 48.2 Å². The number of hydrogen-bond donors (Lipinski definition) is 0. The van der Waals surface area contributed by atoms with Crippen molar-refractivity contribution in [1.82, 2.24) is 0 Å². The fourth-order valence-corrected chi connectivity index (χ4v) is 6.00. The summed E-state index contributed by atoms with van der Waals surface area (Å²) in [6, 6.07) is 14.8. The molecule has 0 saturated carbocycles. The van der Waals surface area contributed by atoms with Crippen LogP contribution in [0.15, 0.2) is 97.1 Å². The lowest BCUT2D eigenvalue weighted by molar-refractivity contribution is -0.156. The van der Waals surface area contributed by atoms with Crippen LogP contribution in [0.4, 0.5) is 11.4 Å². The van der Waals surface area contributed by atoms with E-state index in [9.17, 15) is 19.2 Å². The maximum atomic E-state index is 13.4. The smallest absolute Gasteiger partial charge is 0.335 e. The lowest BCUT2D eigenvalue weighted by atomic mass is 9.91. The van der Waals surface area contributed by atoms with Crippen LogP contribution in [0.3, 0.4) is 0 Å². The van der Waals surface area contributed by atoms with Gasteiger partial charge in [0.1, 0.15) is 0 Å². The molecule has 4 aliphatic rings. The molecule has 2 aromatic carbocycles. The number of hydrogen-bond acceptors (Lipinski definition) is 6. The number of benzene rings is 2. The van der Waals surface area contributed by atoms with Crippen molar-refractivity contribution in [1.29, 1.82) is 0 Å². The summed E-state index contributed by atoms with van der Waals surface area (Å²) in [5.41, 5.74) is 0.913. The number of carbonyl (C=O) groups is 4. The summed E-state index contributed by atoms with van der Waals surface area (Å²) in [7, 11) is 0. The third kappa shape index (κ3) is 3.74. The molecule has 4 heterocycles. The number of esters is 2. The molecule has 2 fully saturated rings. The number of carbonyl (C=O) groups excluding carboxylic acids is 4. The van der Waals surface area contributed by atoms with Crippen LogP contribution in [-0.4, -0.2) is 36.8 Å². The molecule has 4 aliphatic heterocycles. The zero-order valence-corrected chi connectivity index (χ0v) is 21.9. The fraction of sp³-hybridized carbons (Fsp3) is 0.250. The van der Waals surface area contributed by atoms with E-state index in [4.69, 9.17) is 9.47 Å². The van der Waals surface area contributed by atoms with E-state index in [-0.39, 0.29) is 24.7 Å². The molecule has 2 atom stereocenters. The molecule has 8 nitrogen and oxygen atoms in total. The van der Waals surface area contributed by atoms with Crippen molar-refractivity contribution in [2.24, 2.45) is 0 Å². The zero-order valence-electron chi connectivity index (χ0n) is 21.9. The number of fused-ring (bicyclic) bond motifs is 4. The zero-order chi connectivity index (χ0) is 28.1. The second-order valence-electron chi connectivity index (χ2n) is 10.4. The molecule has 0 aromatic heterocycles. The summed E-state index contributed by atoms with van der Waals surface area (Å²) < 4.78 is 11.1. The van der Waals surface area contributed by atoms with Crippen molar-refractivity contribution < 1.29 is 28.7 Å². The number of amides is 2. The van der Waals surface area contributed by atoms with E-state index in [1.165, 1.54) is 0 Å². The third-order valence-corrected chi connectivity index (χ3v) is 7.90.